The molecule has 1 N–H and O–H groups in total. The third-order valence-corrected chi connectivity index (χ3v) is 5.79. The summed E-state index contributed by atoms with van der Waals surface area (Å²) < 4.78 is 17.4. The number of fused-ring (bicyclic) bond motifs is 1. The number of anilines is 1. The number of ether oxygens (including phenoxy) is 1. The van der Waals surface area contributed by atoms with Gasteiger partial charge in [-0.05, 0) is 31.5 Å². The minimum absolute atomic E-state index is 0.274. The summed E-state index contributed by atoms with van der Waals surface area (Å²) in [5.41, 5.74) is 2.50. The number of rotatable bonds is 5. The highest BCUT2D eigenvalue weighted by Gasteiger charge is 2.21. The van der Waals surface area contributed by atoms with Crippen molar-refractivity contribution in [3.05, 3.63) is 46.6 Å². The molecule has 0 aliphatic carbocycles. The van der Waals surface area contributed by atoms with Gasteiger partial charge in [-0.15, -0.1) is 11.3 Å². The van der Waals surface area contributed by atoms with Crippen LogP contribution >= 0.6 is 11.3 Å². The fourth-order valence-electron chi connectivity index (χ4n) is 2.48. The molecule has 3 rings (SSSR count). The highest BCUT2D eigenvalue weighted by molar-refractivity contribution is 7.91. The van der Waals surface area contributed by atoms with Gasteiger partial charge in [-0.1, -0.05) is 6.07 Å². The molecule has 0 aliphatic rings. The van der Waals surface area contributed by atoms with Gasteiger partial charge in [-0.25, -0.2) is 9.78 Å². The number of carbonyl (C=O) groups is 2. The molecule has 1 aromatic carbocycles. The summed E-state index contributed by atoms with van der Waals surface area (Å²) in [4.78, 5) is 32.9. The first-order valence-electron chi connectivity index (χ1n) is 8.07. The number of hydrogen-bond acceptors (Lipinski definition) is 7. The highest BCUT2D eigenvalue weighted by atomic mass is 32.2. The standard InChI is InChI=1S/C18H17N3O4S2/c1-4-25-18(23)11-6-5-10(2)13(7-11)21-16(22)12-8-26-15-14(12)19-9-20-17(15)27(3)24/h5-9H,4H2,1-3H3,(H,21,22). The van der Waals surface area contributed by atoms with Gasteiger partial charge in [0.05, 0.1) is 17.7 Å². The predicted molar refractivity (Wildman–Crippen MR) is 105 cm³/mol. The second kappa shape index (κ2) is 8.03. The molecule has 0 aliphatic heterocycles. The summed E-state index contributed by atoms with van der Waals surface area (Å²) >= 11 is -0.00568. The van der Waals surface area contributed by atoms with E-state index in [-0.39, 0.29) is 12.5 Å². The molecule has 0 saturated heterocycles. The molecular formula is C18H17N3O4S2. The lowest BCUT2D eigenvalue weighted by Gasteiger charge is -2.10. The van der Waals surface area contributed by atoms with E-state index in [4.69, 9.17) is 4.74 Å². The van der Waals surface area contributed by atoms with Crippen molar-refractivity contribution in [1.29, 1.82) is 0 Å². The van der Waals surface area contributed by atoms with Gasteiger partial charge in [-0.3, -0.25) is 4.79 Å². The molecule has 2 aromatic heterocycles. The van der Waals surface area contributed by atoms with Gasteiger partial charge in [-0.2, -0.15) is 4.98 Å². The monoisotopic (exact) mass is 403 g/mol. The van der Waals surface area contributed by atoms with Crippen molar-refractivity contribution in [2.24, 2.45) is 0 Å². The van der Waals surface area contributed by atoms with Gasteiger partial charge in [0.2, 0.25) is 0 Å². The first-order chi connectivity index (χ1) is 12.9. The van der Waals surface area contributed by atoms with Crippen molar-refractivity contribution in [2.45, 2.75) is 18.9 Å². The van der Waals surface area contributed by atoms with Crippen LogP contribution in [-0.2, 0) is 15.9 Å². The molecule has 2 heterocycles. The zero-order valence-electron chi connectivity index (χ0n) is 14.9. The van der Waals surface area contributed by atoms with Crippen LogP contribution in [0.3, 0.4) is 0 Å². The summed E-state index contributed by atoms with van der Waals surface area (Å²) in [6.07, 6.45) is 2.83. The van der Waals surface area contributed by atoms with Crippen molar-refractivity contribution in [3.8, 4) is 0 Å². The van der Waals surface area contributed by atoms with Gasteiger partial charge in [0.1, 0.15) is 22.8 Å². The summed E-state index contributed by atoms with van der Waals surface area (Å²) in [5.74, 6) is -0.811. The second-order valence-corrected chi connectivity index (χ2v) is 7.84. The lowest BCUT2D eigenvalue weighted by atomic mass is 10.1. The molecule has 9 heteroatoms. The molecule has 27 heavy (non-hydrogen) atoms. The van der Waals surface area contributed by atoms with Crippen molar-refractivity contribution >= 4 is 50.3 Å². The maximum Gasteiger partial charge on any atom is 0.338 e. The van der Waals surface area contributed by atoms with Crippen LogP contribution in [0.5, 0.6) is 0 Å². The van der Waals surface area contributed by atoms with Crippen molar-refractivity contribution < 1.29 is 18.9 Å². The first-order valence-corrected chi connectivity index (χ1v) is 10.5. The molecule has 140 valence electrons. The Balaban J connectivity index is 1.92. The fourth-order valence-corrected chi connectivity index (χ4v) is 4.41. The highest BCUT2D eigenvalue weighted by Crippen LogP contribution is 2.29. The van der Waals surface area contributed by atoms with Crippen molar-refractivity contribution in [3.63, 3.8) is 0 Å². The van der Waals surface area contributed by atoms with E-state index >= 15 is 0 Å². The number of nitrogens with one attached hydrogen (secondary N) is 1. The van der Waals surface area contributed by atoms with E-state index in [1.54, 1.807) is 30.5 Å². The molecule has 0 radical (unpaired) electrons. The summed E-state index contributed by atoms with van der Waals surface area (Å²) in [7, 11) is 0. The average molecular weight is 403 g/mol. The van der Waals surface area contributed by atoms with Crippen LogP contribution in [-0.4, -0.2) is 39.3 Å². The fraction of sp³-hybridized carbons (Fsp3) is 0.222. The molecular weight excluding hydrogens is 386 g/mol. The van der Waals surface area contributed by atoms with Crippen LogP contribution < -0.4 is 5.32 Å². The van der Waals surface area contributed by atoms with Crippen LogP contribution in [0.4, 0.5) is 5.69 Å². The van der Waals surface area contributed by atoms with Crippen molar-refractivity contribution in [1.82, 2.24) is 9.97 Å². The summed E-state index contributed by atoms with van der Waals surface area (Å²) in [5, 5.41) is 4.88. The lowest BCUT2D eigenvalue weighted by Crippen LogP contribution is -2.14. The molecule has 0 fully saturated rings. The number of aryl methyl sites for hydroxylation is 1. The largest absolute Gasteiger partial charge is 0.610 e. The van der Waals surface area contributed by atoms with Crippen LogP contribution in [0.1, 0.15) is 33.2 Å². The maximum absolute atomic E-state index is 12.8. The zero-order chi connectivity index (χ0) is 19.6. The minimum atomic E-state index is -1.28. The van der Waals surface area contributed by atoms with Crippen LogP contribution in [0.15, 0.2) is 34.9 Å². The number of esters is 1. The quantitative estimate of drug-likeness (QED) is 0.399. The molecule has 0 spiro atoms. The van der Waals surface area contributed by atoms with Gasteiger partial charge in [0, 0.05) is 22.2 Å². The van der Waals surface area contributed by atoms with Crippen LogP contribution in [0.2, 0.25) is 0 Å². The SMILES string of the molecule is CCOC(=O)c1ccc(C)c(NC(=O)c2csc3c([S+](C)[O-])ncnc23)c1. The molecule has 1 amide bonds. The van der Waals surface area contributed by atoms with Crippen LogP contribution in [0.25, 0.3) is 10.2 Å². The zero-order valence-corrected chi connectivity index (χ0v) is 16.6. The Morgan fingerprint density at radius 2 is 2.11 bits per heavy atom. The van der Waals surface area contributed by atoms with Gasteiger partial charge in [0.15, 0.2) is 0 Å². The number of nitrogens with zero attached hydrogens (tertiary/aromatic N) is 2. The third-order valence-electron chi connectivity index (χ3n) is 3.83. The molecule has 1 atom stereocenters. The third kappa shape index (κ3) is 3.95. The van der Waals surface area contributed by atoms with E-state index in [0.29, 0.717) is 32.1 Å². The number of hydrogen-bond donors (Lipinski definition) is 1. The smallest absolute Gasteiger partial charge is 0.338 e. The van der Waals surface area contributed by atoms with E-state index in [1.165, 1.54) is 23.9 Å². The molecule has 7 nitrogen and oxygen atoms in total. The number of carbonyl (C=O) groups excluding carboxylic acids is 2. The topological polar surface area (TPSA) is 104 Å². The Morgan fingerprint density at radius 3 is 2.81 bits per heavy atom. The Morgan fingerprint density at radius 1 is 1.33 bits per heavy atom. The maximum atomic E-state index is 12.8. The van der Waals surface area contributed by atoms with E-state index in [1.807, 2.05) is 6.92 Å². The summed E-state index contributed by atoms with van der Waals surface area (Å²) in [6.45, 7) is 3.84. The Labute approximate surface area is 163 Å². The Bertz CT molecular complexity index is 1020. The van der Waals surface area contributed by atoms with E-state index in [9.17, 15) is 14.1 Å². The number of thiophene rings is 1. The van der Waals surface area contributed by atoms with Crippen molar-refractivity contribution in [2.75, 3.05) is 18.2 Å². The van der Waals surface area contributed by atoms with Gasteiger partial charge >= 0.3 is 5.97 Å². The van der Waals surface area contributed by atoms with Gasteiger partial charge < -0.3 is 14.6 Å². The van der Waals surface area contributed by atoms with Gasteiger partial charge in [0.25, 0.3) is 10.9 Å². The molecule has 0 saturated carbocycles. The summed E-state index contributed by atoms with van der Waals surface area (Å²) in [6, 6.07) is 4.98. The Hall–Kier alpha value is -2.49. The van der Waals surface area contributed by atoms with E-state index < -0.39 is 17.1 Å². The van der Waals surface area contributed by atoms with E-state index in [0.717, 1.165) is 5.56 Å². The normalized spacial score (nSPS) is 12.0. The first kappa shape index (κ1) is 19.3. The van der Waals surface area contributed by atoms with E-state index in [2.05, 4.69) is 15.3 Å². The number of aromatic nitrogens is 2. The van der Waals surface area contributed by atoms with Crippen LogP contribution in [0, 0.1) is 6.92 Å². The number of benzene rings is 1. The molecule has 0 bridgehead atoms. The number of amides is 1. The molecule has 1 unspecified atom stereocenters. The minimum Gasteiger partial charge on any atom is -0.610 e. The second-order valence-electron chi connectivity index (χ2n) is 5.66. The molecule has 3 aromatic rings. The average Bonchev–Trinajstić information content (AvgIpc) is 3.07. The Kier molecular flexibility index (Phi) is 5.73. The predicted octanol–water partition coefficient (Wildman–Crippen LogP) is 3.17. The lowest BCUT2D eigenvalue weighted by molar-refractivity contribution is 0.0526.